The molecule has 0 aliphatic heterocycles. The molecular formula is C15H35N3. The molecule has 0 aliphatic rings. The van der Waals surface area contributed by atoms with E-state index in [0.29, 0.717) is 23.9 Å². The van der Waals surface area contributed by atoms with Crippen LogP contribution in [0.25, 0.3) is 0 Å². The minimum absolute atomic E-state index is 0.273. The number of nitrogens with one attached hydrogen (secondary N) is 2. The van der Waals surface area contributed by atoms with Gasteiger partial charge in [0.2, 0.25) is 0 Å². The Bertz CT molecular complexity index is 158. The third kappa shape index (κ3) is 8.90. The van der Waals surface area contributed by atoms with Gasteiger partial charge < -0.3 is 0 Å². The number of nitrogens with zero attached hydrogens (tertiary/aromatic N) is 1. The molecule has 0 amide bonds. The smallest absolute Gasteiger partial charge is 0.114 e. The molecule has 0 aliphatic carbocycles. The topological polar surface area (TPSA) is 27.3 Å². The summed E-state index contributed by atoms with van der Waals surface area (Å²) in [5, 5.41) is 7.27. The van der Waals surface area contributed by atoms with Gasteiger partial charge in [0, 0.05) is 25.2 Å². The van der Waals surface area contributed by atoms with E-state index in [0.717, 1.165) is 13.1 Å². The summed E-state index contributed by atoms with van der Waals surface area (Å²) < 4.78 is 0. The average molecular weight is 257 g/mol. The van der Waals surface area contributed by atoms with Crippen LogP contribution in [-0.2, 0) is 0 Å². The van der Waals surface area contributed by atoms with E-state index in [2.05, 4.69) is 70.9 Å². The van der Waals surface area contributed by atoms with Crippen LogP contribution in [0.5, 0.6) is 0 Å². The van der Waals surface area contributed by atoms with Crippen LogP contribution in [0.3, 0.4) is 0 Å². The number of hydrogen-bond acceptors (Lipinski definition) is 3. The summed E-state index contributed by atoms with van der Waals surface area (Å²) in [5.74, 6) is 1.38. The van der Waals surface area contributed by atoms with Crippen molar-refractivity contribution < 1.29 is 0 Å². The molecule has 110 valence electrons. The highest BCUT2D eigenvalue weighted by Crippen LogP contribution is 2.07. The van der Waals surface area contributed by atoms with Crippen molar-refractivity contribution in [1.29, 1.82) is 0 Å². The zero-order valence-electron chi connectivity index (χ0n) is 13.7. The maximum Gasteiger partial charge on any atom is 0.114 e. The molecule has 2 N–H and O–H groups in total. The van der Waals surface area contributed by atoms with E-state index < -0.39 is 0 Å². The van der Waals surface area contributed by atoms with Crippen LogP contribution < -0.4 is 10.6 Å². The summed E-state index contributed by atoms with van der Waals surface area (Å²) in [4.78, 5) is 2.54. The van der Waals surface area contributed by atoms with Gasteiger partial charge in [0.1, 0.15) is 6.29 Å². The first-order valence-corrected chi connectivity index (χ1v) is 7.48. The summed E-state index contributed by atoms with van der Waals surface area (Å²) in [7, 11) is 0. The second kappa shape index (κ2) is 8.89. The quantitative estimate of drug-likeness (QED) is 0.622. The van der Waals surface area contributed by atoms with Crippen LogP contribution in [0.15, 0.2) is 0 Å². The van der Waals surface area contributed by atoms with Gasteiger partial charge >= 0.3 is 0 Å². The van der Waals surface area contributed by atoms with E-state index >= 15 is 0 Å². The van der Waals surface area contributed by atoms with Crippen LogP contribution >= 0.6 is 0 Å². The number of hydrogen-bond donors (Lipinski definition) is 2. The third-order valence-electron chi connectivity index (χ3n) is 2.55. The average Bonchev–Trinajstić information content (AvgIpc) is 2.12. The Labute approximate surface area is 115 Å². The van der Waals surface area contributed by atoms with E-state index in [-0.39, 0.29) is 6.29 Å². The van der Waals surface area contributed by atoms with Crippen LogP contribution in [0.1, 0.15) is 55.4 Å². The summed E-state index contributed by atoms with van der Waals surface area (Å²) >= 11 is 0. The zero-order valence-corrected chi connectivity index (χ0v) is 13.7. The summed E-state index contributed by atoms with van der Waals surface area (Å²) in [6.45, 7) is 20.2. The first-order valence-electron chi connectivity index (χ1n) is 7.48. The normalized spacial score (nSPS) is 13.0. The van der Waals surface area contributed by atoms with Gasteiger partial charge in [-0.25, -0.2) is 0 Å². The van der Waals surface area contributed by atoms with Gasteiger partial charge in [-0.1, -0.05) is 27.7 Å². The molecular weight excluding hydrogens is 222 g/mol. The summed E-state index contributed by atoms with van der Waals surface area (Å²) in [5.41, 5.74) is 0. The molecule has 0 bridgehead atoms. The molecule has 0 aromatic rings. The fraction of sp³-hybridized carbons (Fsp3) is 1.00. The lowest BCUT2D eigenvalue weighted by Gasteiger charge is -2.37. The molecule has 0 spiro atoms. The maximum atomic E-state index is 3.64. The third-order valence-corrected chi connectivity index (χ3v) is 2.55. The molecule has 18 heavy (non-hydrogen) atoms. The molecule has 0 saturated carbocycles. The second-order valence-electron chi connectivity index (χ2n) is 6.79. The molecule has 0 heterocycles. The van der Waals surface area contributed by atoms with Crippen molar-refractivity contribution in [3.05, 3.63) is 0 Å². The van der Waals surface area contributed by atoms with Crippen molar-refractivity contribution in [2.45, 2.75) is 73.8 Å². The van der Waals surface area contributed by atoms with Gasteiger partial charge in [0.25, 0.3) is 0 Å². The molecule has 0 radical (unpaired) electrons. The molecule has 3 nitrogen and oxygen atoms in total. The van der Waals surface area contributed by atoms with Crippen molar-refractivity contribution in [2.75, 3.05) is 13.1 Å². The predicted molar refractivity (Wildman–Crippen MR) is 81.6 cm³/mol. The van der Waals surface area contributed by atoms with Gasteiger partial charge in [-0.3, -0.25) is 15.5 Å². The second-order valence-corrected chi connectivity index (χ2v) is 6.79. The van der Waals surface area contributed by atoms with E-state index in [1.165, 1.54) is 0 Å². The van der Waals surface area contributed by atoms with Crippen molar-refractivity contribution in [2.24, 2.45) is 11.8 Å². The van der Waals surface area contributed by atoms with E-state index in [9.17, 15) is 0 Å². The summed E-state index contributed by atoms with van der Waals surface area (Å²) in [6.07, 6.45) is 0.273. The first-order chi connectivity index (χ1) is 8.22. The Morgan fingerprint density at radius 2 is 1.00 bits per heavy atom. The number of rotatable bonds is 9. The largest absolute Gasteiger partial charge is 0.287 e. The lowest BCUT2D eigenvalue weighted by Crippen LogP contribution is -2.59. The molecule has 0 rings (SSSR count). The molecule has 0 aromatic carbocycles. The van der Waals surface area contributed by atoms with Crippen LogP contribution in [0.4, 0.5) is 0 Å². The zero-order chi connectivity index (χ0) is 14.3. The van der Waals surface area contributed by atoms with E-state index in [1.807, 2.05) is 0 Å². The molecule has 0 fully saturated rings. The van der Waals surface area contributed by atoms with Gasteiger partial charge in [0.15, 0.2) is 0 Å². The van der Waals surface area contributed by atoms with Crippen molar-refractivity contribution in [1.82, 2.24) is 15.5 Å². The van der Waals surface area contributed by atoms with Gasteiger partial charge in [-0.05, 0) is 39.5 Å². The van der Waals surface area contributed by atoms with Gasteiger partial charge in [-0.2, -0.15) is 0 Å². The Morgan fingerprint density at radius 1 is 0.667 bits per heavy atom. The first kappa shape index (κ1) is 17.9. The van der Waals surface area contributed by atoms with E-state index in [1.54, 1.807) is 0 Å². The highest BCUT2D eigenvalue weighted by Gasteiger charge is 2.21. The Kier molecular flexibility index (Phi) is 8.83. The Morgan fingerprint density at radius 3 is 1.22 bits per heavy atom. The Balaban J connectivity index is 4.69. The monoisotopic (exact) mass is 257 g/mol. The van der Waals surface area contributed by atoms with Crippen molar-refractivity contribution >= 4 is 0 Å². The van der Waals surface area contributed by atoms with Crippen LogP contribution in [0.2, 0.25) is 0 Å². The molecule has 0 atom stereocenters. The lowest BCUT2D eigenvalue weighted by atomic mass is 10.1. The van der Waals surface area contributed by atoms with Crippen molar-refractivity contribution in [3.63, 3.8) is 0 Å². The SMILES string of the molecule is CC(C)CN(CC(C)C)C(NC(C)C)NC(C)C. The highest BCUT2D eigenvalue weighted by atomic mass is 15.4. The Hall–Kier alpha value is -0.120. The van der Waals surface area contributed by atoms with Crippen molar-refractivity contribution in [3.8, 4) is 0 Å². The minimum Gasteiger partial charge on any atom is -0.287 e. The summed E-state index contributed by atoms with van der Waals surface area (Å²) in [6, 6.07) is 0.978. The van der Waals surface area contributed by atoms with Gasteiger partial charge in [0.05, 0.1) is 0 Å². The molecule has 3 heteroatoms. The standard InChI is InChI=1S/C15H35N3/c1-11(2)9-18(10-12(3)4)15(16-13(5)6)17-14(7)8/h11-17H,9-10H2,1-8H3. The highest BCUT2D eigenvalue weighted by molar-refractivity contribution is 4.74. The fourth-order valence-electron chi connectivity index (χ4n) is 2.11. The molecule has 0 unspecified atom stereocenters. The molecule has 0 saturated heterocycles. The fourth-order valence-corrected chi connectivity index (χ4v) is 2.11. The van der Waals surface area contributed by atoms with Gasteiger partial charge in [-0.15, -0.1) is 0 Å². The minimum atomic E-state index is 0.273. The van der Waals surface area contributed by atoms with E-state index in [4.69, 9.17) is 0 Å². The predicted octanol–water partition coefficient (Wildman–Crippen LogP) is 2.88. The maximum absolute atomic E-state index is 3.64. The van der Waals surface area contributed by atoms with Crippen LogP contribution in [-0.4, -0.2) is 36.4 Å². The molecule has 0 aromatic heterocycles. The van der Waals surface area contributed by atoms with Crippen LogP contribution in [0, 0.1) is 11.8 Å². The lowest BCUT2D eigenvalue weighted by molar-refractivity contribution is 0.0916.